The van der Waals surface area contributed by atoms with Crippen molar-refractivity contribution in [2.24, 2.45) is 17.8 Å². The lowest BCUT2D eigenvalue weighted by Crippen LogP contribution is -2.55. The van der Waals surface area contributed by atoms with Gasteiger partial charge in [-0.15, -0.1) is 0 Å². The number of rotatable bonds is 4. The molecule has 2 rings (SSSR count). The summed E-state index contributed by atoms with van der Waals surface area (Å²) in [4.78, 5) is 0. The third-order valence-corrected chi connectivity index (χ3v) is 4.24. The molecule has 20 heavy (non-hydrogen) atoms. The van der Waals surface area contributed by atoms with E-state index in [9.17, 15) is 0 Å². The molecule has 5 atom stereocenters. The molecule has 0 amide bonds. The van der Waals surface area contributed by atoms with E-state index in [4.69, 9.17) is 18.9 Å². The molecule has 0 aromatic carbocycles. The smallest absolute Gasteiger partial charge is 0.163 e. The first kappa shape index (κ1) is 16.2. The molecular formula is C16H30O4. The molecule has 2 aliphatic heterocycles. The molecule has 2 aliphatic rings. The van der Waals surface area contributed by atoms with Gasteiger partial charge >= 0.3 is 0 Å². The molecule has 118 valence electrons. The van der Waals surface area contributed by atoms with Gasteiger partial charge in [-0.3, -0.25) is 0 Å². The Hall–Kier alpha value is -0.160. The van der Waals surface area contributed by atoms with Gasteiger partial charge in [0.05, 0.1) is 12.2 Å². The van der Waals surface area contributed by atoms with Crippen LogP contribution in [0.2, 0.25) is 0 Å². The van der Waals surface area contributed by atoms with Crippen LogP contribution in [-0.2, 0) is 18.9 Å². The molecule has 4 nitrogen and oxygen atoms in total. The molecule has 0 saturated carbocycles. The fraction of sp³-hybridized carbons (Fsp3) is 1.00. The maximum absolute atomic E-state index is 6.20. The van der Waals surface area contributed by atoms with E-state index < -0.39 is 5.79 Å². The zero-order valence-corrected chi connectivity index (χ0v) is 13.9. The van der Waals surface area contributed by atoms with Crippen molar-refractivity contribution in [3.8, 4) is 0 Å². The van der Waals surface area contributed by atoms with Gasteiger partial charge in [0, 0.05) is 13.0 Å². The Morgan fingerprint density at radius 1 is 1.05 bits per heavy atom. The van der Waals surface area contributed by atoms with Gasteiger partial charge in [-0.25, -0.2) is 0 Å². The highest BCUT2D eigenvalue weighted by Crippen LogP contribution is 2.44. The van der Waals surface area contributed by atoms with Gasteiger partial charge in [-0.05, 0) is 32.1 Å². The van der Waals surface area contributed by atoms with E-state index >= 15 is 0 Å². The Balaban J connectivity index is 2.25. The molecule has 2 fully saturated rings. The Bertz CT molecular complexity index is 326. The van der Waals surface area contributed by atoms with Gasteiger partial charge in [0.15, 0.2) is 12.1 Å². The minimum absolute atomic E-state index is 0.00574. The van der Waals surface area contributed by atoms with Crippen molar-refractivity contribution in [1.82, 2.24) is 0 Å². The highest BCUT2D eigenvalue weighted by atomic mass is 16.8. The Morgan fingerprint density at radius 2 is 1.65 bits per heavy atom. The number of methoxy groups -OCH3 is 1. The lowest BCUT2D eigenvalue weighted by Gasteiger charge is -2.44. The number of hydrogen-bond acceptors (Lipinski definition) is 4. The van der Waals surface area contributed by atoms with Gasteiger partial charge in [0.25, 0.3) is 0 Å². The van der Waals surface area contributed by atoms with E-state index in [0.717, 1.165) is 6.42 Å². The predicted octanol–water partition coefficient (Wildman–Crippen LogP) is 3.20. The molecule has 0 aromatic rings. The maximum Gasteiger partial charge on any atom is 0.163 e. The van der Waals surface area contributed by atoms with Crippen LogP contribution < -0.4 is 0 Å². The summed E-state index contributed by atoms with van der Waals surface area (Å²) >= 11 is 0. The largest absolute Gasteiger partial charge is 0.355 e. The monoisotopic (exact) mass is 286 g/mol. The molecule has 0 aromatic heterocycles. The number of hydrogen-bond donors (Lipinski definition) is 0. The normalized spacial score (nSPS) is 40.4. The van der Waals surface area contributed by atoms with E-state index in [1.165, 1.54) is 0 Å². The zero-order chi connectivity index (χ0) is 15.1. The summed E-state index contributed by atoms with van der Waals surface area (Å²) in [5.74, 6) is 0.644. The first-order valence-corrected chi connectivity index (χ1v) is 7.79. The van der Waals surface area contributed by atoms with E-state index in [1.54, 1.807) is 7.11 Å². The van der Waals surface area contributed by atoms with Crippen molar-refractivity contribution in [2.75, 3.05) is 7.11 Å². The quantitative estimate of drug-likeness (QED) is 0.795. The molecular weight excluding hydrogens is 256 g/mol. The molecule has 0 aliphatic carbocycles. The third kappa shape index (κ3) is 3.19. The lowest BCUT2D eigenvalue weighted by atomic mass is 9.81. The van der Waals surface area contributed by atoms with Crippen LogP contribution in [0.25, 0.3) is 0 Å². The molecule has 4 heteroatoms. The second-order valence-electron chi connectivity index (χ2n) is 7.29. The van der Waals surface area contributed by atoms with Crippen molar-refractivity contribution in [2.45, 2.75) is 78.4 Å². The third-order valence-electron chi connectivity index (χ3n) is 4.24. The van der Waals surface area contributed by atoms with Crippen molar-refractivity contribution in [3.05, 3.63) is 0 Å². The number of fused-ring (bicyclic) bond motifs is 1. The lowest BCUT2D eigenvalue weighted by molar-refractivity contribution is -0.261. The Morgan fingerprint density at radius 3 is 2.15 bits per heavy atom. The van der Waals surface area contributed by atoms with Crippen molar-refractivity contribution in [3.63, 3.8) is 0 Å². The SMILES string of the molecule is COC1OC(CC(C)C)C2OC(C)(C)OC2C1C(C)C. The summed E-state index contributed by atoms with van der Waals surface area (Å²) in [7, 11) is 1.72. The average Bonchev–Trinajstić information content (AvgIpc) is 2.62. The van der Waals surface area contributed by atoms with Gasteiger partial charge in [-0.1, -0.05) is 27.7 Å². The van der Waals surface area contributed by atoms with Gasteiger partial charge < -0.3 is 18.9 Å². The molecule has 0 bridgehead atoms. The van der Waals surface area contributed by atoms with E-state index in [-0.39, 0.29) is 30.5 Å². The minimum atomic E-state index is -0.538. The zero-order valence-electron chi connectivity index (χ0n) is 13.9. The van der Waals surface area contributed by atoms with E-state index in [2.05, 4.69) is 27.7 Å². The Labute approximate surface area is 123 Å². The number of ether oxygens (including phenoxy) is 4. The van der Waals surface area contributed by atoms with Crippen LogP contribution in [-0.4, -0.2) is 37.5 Å². The first-order chi connectivity index (χ1) is 9.25. The molecule has 0 radical (unpaired) electrons. The molecule has 5 unspecified atom stereocenters. The van der Waals surface area contributed by atoms with Crippen LogP contribution >= 0.6 is 0 Å². The van der Waals surface area contributed by atoms with E-state index in [0.29, 0.717) is 11.8 Å². The first-order valence-electron chi connectivity index (χ1n) is 7.79. The van der Waals surface area contributed by atoms with Crippen LogP contribution in [0.15, 0.2) is 0 Å². The van der Waals surface area contributed by atoms with Crippen molar-refractivity contribution in [1.29, 1.82) is 0 Å². The predicted molar refractivity (Wildman–Crippen MR) is 77.3 cm³/mol. The highest BCUT2D eigenvalue weighted by Gasteiger charge is 2.55. The van der Waals surface area contributed by atoms with Crippen LogP contribution in [0, 0.1) is 17.8 Å². The van der Waals surface area contributed by atoms with Gasteiger partial charge in [0.2, 0.25) is 0 Å². The van der Waals surface area contributed by atoms with Gasteiger partial charge in [0.1, 0.15) is 6.10 Å². The summed E-state index contributed by atoms with van der Waals surface area (Å²) in [5.41, 5.74) is 0. The van der Waals surface area contributed by atoms with Crippen molar-refractivity contribution >= 4 is 0 Å². The molecule has 0 spiro atoms. The van der Waals surface area contributed by atoms with Crippen LogP contribution in [0.3, 0.4) is 0 Å². The Kier molecular flexibility index (Phi) is 4.80. The fourth-order valence-corrected chi connectivity index (χ4v) is 3.46. The summed E-state index contributed by atoms with van der Waals surface area (Å²) in [6.45, 7) is 12.8. The molecule has 2 saturated heterocycles. The fourth-order valence-electron chi connectivity index (χ4n) is 3.46. The standard InChI is InChI=1S/C16H30O4/c1-9(2)8-11-13-14(20-16(5,6)19-13)12(10(3)4)15(17-7)18-11/h9-15H,8H2,1-7H3. The molecule has 0 N–H and O–H groups in total. The summed E-state index contributed by atoms with van der Waals surface area (Å²) in [5, 5.41) is 0. The van der Waals surface area contributed by atoms with Crippen LogP contribution in [0.4, 0.5) is 0 Å². The van der Waals surface area contributed by atoms with Crippen LogP contribution in [0.1, 0.15) is 48.0 Å². The molecule has 2 heterocycles. The minimum Gasteiger partial charge on any atom is -0.355 e. The highest BCUT2D eigenvalue weighted by molar-refractivity contribution is 4.97. The van der Waals surface area contributed by atoms with Crippen LogP contribution in [0.5, 0.6) is 0 Å². The van der Waals surface area contributed by atoms with Gasteiger partial charge in [-0.2, -0.15) is 0 Å². The second kappa shape index (κ2) is 5.91. The van der Waals surface area contributed by atoms with Crippen molar-refractivity contribution < 1.29 is 18.9 Å². The van der Waals surface area contributed by atoms with E-state index in [1.807, 2.05) is 13.8 Å². The summed E-state index contributed by atoms with van der Waals surface area (Å²) < 4.78 is 24.1. The average molecular weight is 286 g/mol. The summed E-state index contributed by atoms with van der Waals surface area (Å²) in [6, 6.07) is 0. The second-order valence-corrected chi connectivity index (χ2v) is 7.29. The summed E-state index contributed by atoms with van der Waals surface area (Å²) in [6.07, 6.45) is 0.850. The topological polar surface area (TPSA) is 36.9 Å². The maximum atomic E-state index is 6.20.